The van der Waals surface area contributed by atoms with Gasteiger partial charge in [0.05, 0.1) is 19.8 Å². The average Bonchev–Trinajstić information content (AvgIpc) is 3.23. The summed E-state index contributed by atoms with van der Waals surface area (Å²) in [5.74, 6) is -0.335. The highest BCUT2D eigenvalue weighted by molar-refractivity contribution is 7.47. The van der Waals surface area contributed by atoms with Crippen molar-refractivity contribution in [2.24, 2.45) is 5.73 Å². The van der Waals surface area contributed by atoms with E-state index in [1.165, 1.54) is 135 Å². The van der Waals surface area contributed by atoms with E-state index in [2.05, 4.69) is 74.6 Å². The number of esters is 1. The molecule has 2 unspecified atom stereocenters. The van der Waals surface area contributed by atoms with Gasteiger partial charge in [-0.3, -0.25) is 13.8 Å². The average molecular weight is 850 g/mol. The number of nitrogens with two attached hydrogens (primary N) is 1. The van der Waals surface area contributed by atoms with E-state index in [9.17, 15) is 14.3 Å². The van der Waals surface area contributed by atoms with Crippen LogP contribution in [0.2, 0.25) is 0 Å². The van der Waals surface area contributed by atoms with Crippen molar-refractivity contribution in [2.75, 3.05) is 33.0 Å². The molecule has 0 bridgehead atoms. The van der Waals surface area contributed by atoms with Crippen LogP contribution in [-0.4, -0.2) is 49.9 Å². The Hall–Kier alpha value is -1.80. The predicted molar refractivity (Wildman–Crippen MR) is 252 cm³/mol. The summed E-state index contributed by atoms with van der Waals surface area (Å²) >= 11 is 0. The minimum absolute atomic E-state index is 0.0976. The van der Waals surface area contributed by atoms with Crippen molar-refractivity contribution in [3.05, 3.63) is 60.8 Å². The molecule has 0 fully saturated rings. The smallest absolute Gasteiger partial charge is 0.457 e. The second-order valence-electron chi connectivity index (χ2n) is 15.9. The number of hydrogen-bond donors (Lipinski definition) is 2. The predicted octanol–water partition coefficient (Wildman–Crippen LogP) is 14.9. The number of allylic oxidation sites excluding steroid dienone is 10. The molecule has 344 valence electrons. The quantitative estimate of drug-likeness (QED) is 0.0269. The maximum Gasteiger partial charge on any atom is 0.472 e. The van der Waals surface area contributed by atoms with Gasteiger partial charge in [0.15, 0.2) is 0 Å². The van der Waals surface area contributed by atoms with Gasteiger partial charge in [-0.25, -0.2) is 4.57 Å². The third-order valence-corrected chi connectivity index (χ3v) is 11.2. The molecule has 0 aliphatic rings. The van der Waals surface area contributed by atoms with Gasteiger partial charge in [-0.1, -0.05) is 190 Å². The van der Waals surface area contributed by atoms with Gasteiger partial charge < -0.3 is 20.1 Å². The maximum atomic E-state index is 12.6. The number of phosphoric acid groups is 1. The van der Waals surface area contributed by atoms with Gasteiger partial charge in [-0.15, -0.1) is 0 Å². The van der Waals surface area contributed by atoms with E-state index >= 15 is 0 Å². The molecule has 2 atom stereocenters. The number of rotatable bonds is 46. The van der Waals surface area contributed by atoms with Crippen LogP contribution in [0.25, 0.3) is 0 Å². The summed E-state index contributed by atoms with van der Waals surface area (Å²) in [7, 11) is -4.28. The lowest BCUT2D eigenvalue weighted by Gasteiger charge is -2.20. The highest BCUT2D eigenvalue weighted by atomic mass is 31.2. The molecule has 0 aliphatic heterocycles. The van der Waals surface area contributed by atoms with E-state index in [1.54, 1.807) is 0 Å². The zero-order chi connectivity index (χ0) is 43.0. The fraction of sp³-hybridized carbons (Fsp3) is 0.780. The third kappa shape index (κ3) is 47.1. The molecule has 59 heavy (non-hydrogen) atoms. The zero-order valence-corrected chi connectivity index (χ0v) is 39.1. The van der Waals surface area contributed by atoms with Crippen LogP contribution in [0.4, 0.5) is 0 Å². The molecule has 0 radical (unpaired) electrons. The molecule has 3 N–H and O–H groups in total. The zero-order valence-electron chi connectivity index (χ0n) is 38.2. The second kappa shape index (κ2) is 47.3. The fourth-order valence-corrected chi connectivity index (χ4v) is 7.40. The summed E-state index contributed by atoms with van der Waals surface area (Å²) in [6.07, 6.45) is 58.2. The SMILES string of the molecule is CC/C=C\C/C=C\C/C=C\C/C=C\CCCCCCCCCCCCCCC(=O)OC(COCCCCCCCC/C=C\CCCCCCC)COP(=O)(O)OCCN. The van der Waals surface area contributed by atoms with E-state index in [0.29, 0.717) is 13.0 Å². The minimum atomic E-state index is -4.28. The van der Waals surface area contributed by atoms with Crippen molar-refractivity contribution >= 4 is 13.8 Å². The number of ether oxygens (including phenoxy) is 2. The third-order valence-electron chi connectivity index (χ3n) is 10.2. The molecule has 0 saturated heterocycles. The first-order valence-corrected chi connectivity index (χ1v) is 25.8. The highest BCUT2D eigenvalue weighted by Gasteiger charge is 2.25. The summed E-state index contributed by atoms with van der Waals surface area (Å²) in [5.41, 5.74) is 5.38. The molecule has 8 nitrogen and oxygen atoms in total. The molecule has 0 rings (SSSR count). The van der Waals surface area contributed by atoms with Crippen LogP contribution in [0, 0.1) is 0 Å². The van der Waals surface area contributed by atoms with Crippen LogP contribution in [-0.2, 0) is 27.9 Å². The van der Waals surface area contributed by atoms with Gasteiger partial charge in [0.1, 0.15) is 6.10 Å². The number of phosphoric ester groups is 1. The van der Waals surface area contributed by atoms with Crippen LogP contribution in [0.3, 0.4) is 0 Å². The fourth-order valence-electron chi connectivity index (χ4n) is 6.63. The van der Waals surface area contributed by atoms with E-state index in [4.69, 9.17) is 24.3 Å². The highest BCUT2D eigenvalue weighted by Crippen LogP contribution is 2.43. The molecule has 0 aromatic heterocycles. The number of carbonyl (C=O) groups is 1. The standard InChI is InChI=1S/C50H92NO7P/c1-3-5-7-9-11-13-15-17-19-20-21-22-23-24-25-26-27-28-29-31-33-35-37-39-41-43-50(52)58-49(48-57-59(53,54)56-46-44-51)47-55-45-42-40-38-36-34-32-30-18-16-14-12-10-8-6-4-2/h5,7,11,13,16-19,21-22,49H,3-4,6,8-10,12,14-15,20,23-48,51H2,1-2H3,(H,53,54)/b7-5-,13-11-,18-16-,19-17-,22-21-. The molecule has 0 aromatic rings. The van der Waals surface area contributed by atoms with E-state index in [-0.39, 0.29) is 32.3 Å². The van der Waals surface area contributed by atoms with Crippen LogP contribution < -0.4 is 5.73 Å². The molecule has 9 heteroatoms. The van der Waals surface area contributed by atoms with Crippen LogP contribution in [0.15, 0.2) is 60.8 Å². The topological polar surface area (TPSA) is 117 Å². The van der Waals surface area contributed by atoms with E-state index in [1.807, 2.05) is 0 Å². The Morgan fingerprint density at radius 1 is 0.525 bits per heavy atom. The summed E-state index contributed by atoms with van der Waals surface area (Å²) in [4.78, 5) is 22.6. The van der Waals surface area contributed by atoms with Gasteiger partial charge in [-0.2, -0.15) is 0 Å². The first-order chi connectivity index (χ1) is 28.9. The Kier molecular flexibility index (Phi) is 45.8. The van der Waals surface area contributed by atoms with Crippen molar-refractivity contribution in [2.45, 2.75) is 219 Å². The normalized spacial score (nSPS) is 13.9. The molecule has 0 spiro atoms. The molecular formula is C50H92NO7P. The Balaban J connectivity index is 3.95. The first kappa shape index (κ1) is 57.2. The summed E-state index contributed by atoms with van der Waals surface area (Å²) in [5, 5.41) is 0. The van der Waals surface area contributed by atoms with Crippen molar-refractivity contribution in [1.29, 1.82) is 0 Å². The van der Waals surface area contributed by atoms with Gasteiger partial charge in [0.25, 0.3) is 0 Å². The van der Waals surface area contributed by atoms with Crippen LogP contribution in [0.5, 0.6) is 0 Å². The Bertz CT molecular complexity index is 1090. The summed E-state index contributed by atoms with van der Waals surface area (Å²) < 4.78 is 33.5. The lowest BCUT2D eigenvalue weighted by molar-refractivity contribution is -0.154. The molecular weight excluding hydrogens is 758 g/mol. The minimum Gasteiger partial charge on any atom is -0.457 e. The van der Waals surface area contributed by atoms with Gasteiger partial charge in [-0.05, 0) is 77.0 Å². The Labute approximate surface area is 363 Å². The Morgan fingerprint density at radius 2 is 0.949 bits per heavy atom. The van der Waals surface area contributed by atoms with Gasteiger partial charge in [0.2, 0.25) is 0 Å². The number of hydrogen-bond acceptors (Lipinski definition) is 7. The summed E-state index contributed by atoms with van der Waals surface area (Å²) in [6.45, 7) is 4.80. The van der Waals surface area contributed by atoms with Crippen LogP contribution in [0.1, 0.15) is 213 Å². The van der Waals surface area contributed by atoms with Gasteiger partial charge in [0, 0.05) is 19.6 Å². The Morgan fingerprint density at radius 3 is 1.44 bits per heavy atom. The monoisotopic (exact) mass is 850 g/mol. The van der Waals surface area contributed by atoms with Crippen molar-refractivity contribution in [1.82, 2.24) is 0 Å². The molecule has 0 amide bonds. The first-order valence-electron chi connectivity index (χ1n) is 24.3. The molecule has 0 saturated carbocycles. The molecule has 0 aromatic carbocycles. The maximum absolute atomic E-state index is 12.6. The van der Waals surface area contributed by atoms with Gasteiger partial charge >= 0.3 is 13.8 Å². The number of unbranched alkanes of at least 4 members (excludes halogenated alkanes) is 23. The van der Waals surface area contributed by atoms with E-state index in [0.717, 1.165) is 57.8 Å². The lowest BCUT2D eigenvalue weighted by Crippen LogP contribution is -2.28. The molecule has 0 heterocycles. The van der Waals surface area contributed by atoms with Crippen molar-refractivity contribution < 1.29 is 32.8 Å². The van der Waals surface area contributed by atoms with Crippen LogP contribution >= 0.6 is 7.82 Å². The lowest BCUT2D eigenvalue weighted by atomic mass is 10.0. The van der Waals surface area contributed by atoms with Crippen molar-refractivity contribution in [3.8, 4) is 0 Å². The number of carbonyl (C=O) groups excluding carboxylic acids is 1. The largest absolute Gasteiger partial charge is 0.472 e. The molecule has 0 aliphatic carbocycles. The second-order valence-corrected chi connectivity index (χ2v) is 17.4. The summed E-state index contributed by atoms with van der Waals surface area (Å²) in [6, 6.07) is 0. The van der Waals surface area contributed by atoms with Crippen molar-refractivity contribution in [3.63, 3.8) is 0 Å². The van der Waals surface area contributed by atoms with E-state index < -0.39 is 13.9 Å².